The number of thiophene rings is 1. The molecule has 0 saturated carbocycles. The molecule has 4 heteroatoms. The Bertz CT molecular complexity index is 658. The molecule has 1 N–H and O–H groups in total. The van der Waals surface area contributed by atoms with Gasteiger partial charge in [0.25, 0.3) is 0 Å². The summed E-state index contributed by atoms with van der Waals surface area (Å²) in [4.78, 5) is 1.09. The van der Waals surface area contributed by atoms with Crippen molar-refractivity contribution in [3.05, 3.63) is 58.2 Å². The second-order valence-corrected chi connectivity index (χ2v) is 5.16. The van der Waals surface area contributed by atoms with Crippen molar-refractivity contribution >= 4 is 22.3 Å². The number of aliphatic hydroxyl groups excluding tert-OH is 1. The van der Waals surface area contributed by atoms with Crippen LogP contribution in [0.15, 0.2) is 46.2 Å². The molecule has 2 nitrogen and oxygen atoms in total. The third kappa shape index (κ3) is 2.17. The zero-order valence-corrected chi connectivity index (χ0v) is 10.3. The van der Waals surface area contributed by atoms with Crippen molar-refractivity contribution in [1.29, 1.82) is 0 Å². The van der Waals surface area contributed by atoms with Gasteiger partial charge in [0, 0.05) is 16.7 Å². The van der Waals surface area contributed by atoms with Crippen LogP contribution in [0, 0.1) is 5.82 Å². The molecule has 0 aliphatic rings. The molecule has 0 spiro atoms. The normalized spacial score (nSPS) is 13.0. The van der Waals surface area contributed by atoms with Crippen molar-refractivity contribution in [2.75, 3.05) is 0 Å². The van der Waals surface area contributed by atoms with E-state index in [0.29, 0.717) is 23.2 Å². The van der Waals surface area contributed by atoms with Gasteiger partial charge in [0.2, 0.25) is 0 Å². The number of fused-ring (bicyclic) bond motifs is 1. The highest BCUT2D eigenvalue weighted by molar-refractivity contribution is 7.09. The maximum atomic E-state index is 13.0. The molecule has 3 aromatic rings. The number of hydrogen-bond acceptors (Lipinski definition) is 3. The van der Waals surface area contributed by atoms with Crippen molar-refractivity contribution in [2.24, 2.45) is 0 Å². The van der Waals surface area contributed by atoms with Gasteiger partial charge in [0.1, 0.15) is 23.3 Å². The smallest absolute Gasteiger partial charge is 0.134 e. The van der Waals surface area contributed by atoms with Crippen molar-refractivity contribution in [2.45, 2.75) is 12.5 Å². The lowest BCUT2D eigenvalue weighted by Crippen LogP contribution is -1.98. The first kappa shape index (κ1) is 11.4. The minimum absolute atomic E-state index is 0.303. The Kier molecular flexibility index (Phi) is 2.89. The minimum atomic E-state index is -0.695. The third-order valence-electron chi connectivity index (χ3n) is 2.80. The lowest BCUT2D eigenvalue weighted by atomic mass is 10.1. The van der Waals surface area contributed by atoms with E-state index < -0.39 is 6.10 Å². The summed E-state index contributed by atoms with van der Waals surface area (Å²) in [6, 6.07) is 9.93. The van der Waals surface area contributed by atoms with E-state index >= 15 is 0 Å². The zero-order chi connectivity index (χ0) is 12.5. The van der Waals surface area contributed by atoms with E-state index in [1.165, 1.54) is 12.1 Å². The van der Waals surface area contributed by atoms with Gasteiger partial charge < -0.3 is 9.52 Å². The summed E-state index contributed by atoms with van der Waals surface area (Å²) in [5.41, 5.74) is 0.594. The van der Waals surface area contributed by atoms with E-state index in [4.69, 9.17) is 4.42 Å². The Hall–Kier alpha value is -1.65. The van der Waals surface area contributed by atoms with Crippen LogP contribution in [0.3, 0.4) is 0 Å². The zero-order valence-electron chi connectivity index (χ0n) is 9.47. The summed E-state index contributed by atoms with van der Waals surface area (Å²) in [5.74, 6) is 0.173. The van der Waals surface area contributed by atoms with Crippen molar-refractivity contribution in [1.82, 2.24) is 0 Å². The molecule has 3 rings (SSSR count). The third-order valence-corrected chi connectivity index (χ3v) is 3.70. The second-order valence-electron chi connectivity index (χ2n) is 4.13. The molecule has 0 amide bonds. The monoisotopic (exact) mass is 262 g/mol. The van der Waals surface area contributed by atoms with Crippen LogP contribution < -0.4 is 0 Å². The molecule has 1 unspecified atom stereocenters. The number of halogens is 1. The Balaban J connectivity index is 1.89. The average Bonchev–Trinajstić information content (AvgIpc) is 2.96. The summed E-state index contributed by atoms with van der Waals surface area (Å²) >= 11 is 1.59. The van der Waals surface area contributed by atoms with E-state index in [1.807, 2.05) is 17.5 Å². The molecule has 0 aliphatic heterocycles. The summed E-state index contributed by atoms with van der Waals surface area (Å²) in [6.07, 6.45) is -0.181. The predicted molar refractivity (Wildman–Crippen MR) is 69.2 cm³/mol. The van der Waals surface area contributed by atoms with Gasteiger partial charge in [-0.3, -0.25) is 0 Å². The fraction of sp³-hybridized carbons (Fsp3) is 0.143. The first-order chi connectivity index (χ1) is 8.72. The number of rotatable bonds is 3. The Morgan fingerprint density at radius 1 is 1.28 bits per heavy atom. The molecule has 0 aliphatic carbocycles. The molecule has 2 heterocycles. The predicted octanol–water partition coefficient (Wildman–Crippen LogP) is 3.91. The first-order valence-electron chi connectivity index (χ1n) is 5.62. The lowest BCUT2D eigenvalue weighted by molar-refractivity contribution is 0.153. The van der Waals surface area contributed by atoms with Gasteiger partial charge in [-0.25, -0.2) is 4.39 Å². The summed E-state index contributed by atoms with van der Waals surface area (Å²) in [6.45, 7) is 0. The quantitative estimate of drug-likeness (QED) is 0.776. The molecule has 0 saturated heterocycles. The van der Waals surface area contributed by atoms with Crippen LogP contribution in [0.4, 0.5) is 4.39 Å². The molecular weight excluding hydrogens is 251 g/mol. The van der Waals surface area contributed by atoms with Crippen molar-refractivity contribution in [3.8, 4) is 0 Å². The van der Waals surface area contributed by atoms with Gasteiger partial charge in [0.05, 0.1) is 0 Å². The van der Waals surface area contributed by atoms with Gasteiger partial charge in [0.15, 0.2) is 0 Å². The Labute approximate surface area is 107 Å². The fourth-order valence-corrected chi connectivity index (χ4v) is 2.66. The second kappa shape index (κ2) is 4.55. The molecular formula is C14H11FO2S. The standard InChI is InChI=1S/C14H11FO2S/c15-10-3-4-13-9(6-10)7-14(17-13)12(16)8-11-2-1-5-18-11/h1-7,12,16H,8H2. The molecule has 1 atom stereocenters. The van der Waals surface area contributed by atoms with Crippen molar-refractivity contribution in [3.63, 3.8) is 0 Å². The molecule has 2 aromatic heterocycles. The van der Waals surface area contributed by atoms with Crippen LogP contribution in [0.25, 0.3) is 11.0 Å². The van der Waals surface area contributed by atoms with Crippen LogP contribution in [-0.2, 0) is 6.42 Å². The Morgan fingerprint density at radius 3 is 2.94 bits per heavy atom. The highest BCUT2D eigenvalue weighted by atomic mass is 32.1. The van der Waals surface area contributed by atoms with E-state index in [2.05, 4.69) is 0 Å². The molecule has 18 heavy (non-hydrogen) atoms. The minimum Gasteiger partial charge on any atom is -0.458 e. The number of benzene rings is 1. The lowest BCUT2D eigenvalue weighted by Gasteiger charge is -2.04. The van der Waals surface area contributed by atoms with E-state index in [0.717, 1.165) is 4.88 Å². The Morgan fingerprint density at radius 2 is 2.17 bits per heavy atom. The first-order valence-corrected chi connectivity index (χ1v) is 6.50. The van der Waals surface area contributed by atoms with Crippen LogP contribution >= 0.6 is 11.3 Å². The fourth-order valence-electron chi connectivity index (χ4n) is 1.92. The van der Waals surface area contributed by atoms with E-state index in [-0.39, 0.29) is 5.82 Å². The van der Waals surface area contributed by atoms with Crippen molar-refractivity contribution < 1.29 is 13.9 Å². The number of hydrogen-bond donors (Lipinski definition) is 1. The maximum Gasteiger partial charge on any atom is 0.134 e. The molecule has 92 valence electrons. The summed E-state index contributed by atoms with van der Waals surface area (Å²) in [5, 5.41) is 12.7. The largest absolute Gasteiger partial charge is 0.458 e. The van der Waals surface area contributed by atoms with Crippen LogP contribution in [0.2, 0.25) is 0 Å². The highest BCUT2D eigenvalue weighted by Crippen LogP contribution is 2.27. The topological polar surface area (TPSA) is 33.4 Å². The van der Waals surface area contributed by atoms with E-state index in [1.54, 1.807) is 23.5 Å². The number of furan rings is 1. The van der Waals surface area contributed by atoms with E-state index in [9.17, 15) is 9.50 Å². The molecule has 1 aromatic carbocycles. The molecule has 0 bridgehead atoms. The molecule has 0 radical (unpaired) electrons. The highest BCUT2D eigenvalue weighted by Gasteiger charge is 2.14. The average molecular weight is 262 g/mol. The van der Waals surface area contributed by atoms with Gasteiger partial charge in [-0.15, -0.1) is 11.3 Å². The van der Waals surface area contributed by atoms with Gasteiger partial charge >= 0.3 is 0 Å². The molecule has 0 fully saturated rings. The van der Waals surface area contributed by atoms with Crippen LogP contribution in [0.5, 0.6) is 0 Å². The SMILES string of the molecule is OC(Cc1cccs1)c1cc2cc(F)ccc2o1. The van der Waals surface area contributed by atoms with Gasteiger partial charge in [-0.1, -0.05) is 6.07 Å². The van der Waals surface area contributed by atoms with Crippen LogP contribution in [0.1, 0.15) is 16.7 Å². The van der Waals surface area contributed by atoms with Crippen LogP contribution in [-0.4, -0.2) is 5.11 Å². The summed E-state index contributed by atoms with van der Waals surface area (Å²) < 4.78 is 18.6. The van der Waals surface area contributed by atoms with Gasteiger partial charge in [-0.05, 0) is 35.7 Å². The summed E-state index contributed by atoms with van der Waals surface area (Å²) in [7, 11) is 0. The van der Waals surface area contributed by atoms with Gasteiger partial charge in [-0.2, -0.15) is 0 Å². The maximum absolute atomic E-state index is 13.0. The number of aliphatic hydroxyl groups is 1.